The molecule has 0 radical (unpaired) electrons. The standard InChI is InChI=1S/C14H21NO2S/c1-8-4-5-12(9(8)2)15-7-11-6-13(14(16)17)18-10(11)3/h6,8-9,12,15H,4-5,7H2,1-3H3,(H,16,17). The van der Waals surface area contributed by atoms with Gasteiger partial charge in [-0.25, -0.2) is 4.79 Å². The van der Waals surface area contributed by atoms with Gasteiger partial charge in [0.05, 0.1) is 0 Å². The van der Waals surface area contributed by atoms with Crippen LogP contribution in [0.3, 0.4) is 0 Å². The van der Waals surface area contributed by atoms with E-state index < -0.39 is 5.97 Å². The summed E-state index contributed by atoms with van der Waals surface area (Å²) in [6, 6.07) is 2.38. The van der Waals surface area contributed by atoms with Gasteiger partial charge >= 0.3 is 5.97 Å². The number of hydrogen-bond donors (Lipinski definition) is 2. The van der Waals surface area contributed by atoms with Crippen molar-refractivity contribution in [3.05, 3.63) is 21.4 Å². The van der Waals surface area contributed by atoms with E-state index in [1.165, 1.54) is 24.2 Å². The number of hydrogen-bond acceptors (Lipinski definition) is 3. The molecule has 0 saturated heterocycles. The predicted octanol–water partition coefficient (Wildman–Crippen LogP) is 3.28. The van der Waals surface area contributed by atoms with Gasteiger partial charge in [0.2, 0.25) is 0 Å². The molecule has 1 aromatic heterocycles. The van der Waals surface area contributed by atoms with E-state index in [0.717, 1.165) is 22.9 Å². The quantitative estimate of drug-likeness (QED) is 0.880. The van der Waals surface area contributed by atoms with Crippen molar-refractivity contribution in [3.63, 3.8) is 0 Å². The lowest BCUT2D eigenvalue weighted by Gasteiger charge is -2.19. The third-order valence-electron chi connectivity index (χ3n) is 4.25. The Morgan fingerprint density at radius 3 is 2.72 bits per heavy atom. The highest BCUT2D eigenvalue weighted by atomic mass is 32.1. The second-order valence-corrected chi connectivity index (χ2v) is 6.65. The van der Waals surface area contributed by atoms with Gasteiger partial charge in [-0.3, -0.25) is 0 Å². The molecule has 0 amide bonds. The average molecular weight is 267 g/mol. The van der Waals surface area contributed by atoms with E-state index in [9.17, 15) is 4.79 Å². The molecule has 2 N–H and O–H groups in total. The molecule has 1 fully saturated rings. The van der Waals surface area contributed by atoms with Gasteiger partial charge < -0.3 is 10.4 Å². The number of nitrogens with one attached hydrogen (secondary N) is 1. The minimum atomic E-state index is -0.822. The van der Waals surface area contributed by atoms with Crippen LogP contribution < -0.4 is 5.32 Å². The van der Waals surface area contributed by atoms with Crippen LogP contribution in [0.1, 0.15) is 46.8 Å². The Bertz CT molecular complexity index is 441. The van der Waals surface area contributed by atoms with Crippen LogP contribution in [0.15, 0.2) is 6.07 Å². The first-order chi connectivity index (χ1) is 8.49. The second-order valence-electron chi connectivity index (χ2n) is 5.40. The fourth-order valence-corrected chi connectivity index (χ4v) is 3.58. The summed E-state index contributed by atoms with van der Waals surface area (Å²) in [5.41, 5.74) is 1.13. The van der Waals surface area contributed by atoms with E-state index in [1.807, 2.05) is 6.92 Å². The Labute approximate surface area is 112 Å². The molecule has 1 aromatic rings. The number of rotatable bonds is 4. The fraction of sp³-hybridized carbons (Fsp3) is 0.643. The minimum absolute atomic E-state index is 0.442. The van der Waals surface area contributed by atoms with Crippen molar-refractivity contribution in [3.8, 4) is 0 Å². The molecule has 2 rings (SSSR count). The Morgan fingerprint density at radius 1 is 1.50 bits per heavy atom. The molecule has 1 aliphatic carbocycles. The lowest BCUT2D eigenvalue weighted by molar-refractivity contribution is 0.0702. The highest BCUT2D eigenvalue weighted by Gasteiger charge is 2.29. The predicted molar refractivity (Wildman–Crippen MR) is 74.2 cm³/mol. The number of aromatic carboxylic acids is 1. The molecule has 3 unspecified atom stereocenters. The molecular weight excluding hydrogens is 246 g/mol. The van der Waals surface area contributed by atoms with Crippen LogP contribution in [-0.2, 0) is 6.54 Å². The average Bonchev–Trinajstić information content (AvgIpc) is 2.83. The van der Waals surface area contributed by atoms with Crippen molar-refractivity contribution in [2.24, 2.45) is 11.8 Å². The van der Waals surface area contributed by atoms with Crippen LogP contribution >= 0.6 is 11.3 Å². The Morgan fingerprint density at radius 2 is 2.22 bits per heavy atom. The smallest absolute Gasteiger partial charge is 0.345 e. The largest absolute Gasteiger partial charge is 0.477 e. The molecule has 4 heteroatoms. The van der Waals surface area contributed by atoms with Crippen molar-refractivity contribution in [2.75, 3.05) is 0 Å². The summed E-state index contributed by atoms with van der Waals surface area (Å²) >= 11 is 1.37. The fourth-order valence-electron chi connectivity index (χ4n) is 2.69. The van der Waals surface area contributed by atoms with Crippen LogP contribution in [0, 0.1) is 18.8 Å². The molecule has 3 nitrogen and oxygen atoms in total. The molecule has 1 saturated carbocycles. The first-order valence-corrected chi connectivity index (χ1v) is 7.36. The van der Waals surface area contributed by atoms with Crippen molar-refractivity contribution < 1.29 is 9.90 Å². The highest BCUT2D eigenvalue weighted by molar-refractivity contribution is 7.14. The highest BCUT2D eigenvalue weighted by Crippen LogP contribution is 2.31. The molecule has 100 valence electrons. The van der Waals surface area contributed by atoms with E-state index in [1.54, 1.807) is 6.07 Å². The summed E-state index contributed by atoms with van der Waals surface area (Å²) in [7, 11) is 0. The van der Waals surface area contributed by atoms with E-state index >= 15 is 0 Å². The third kappa shape index (κ3) is 2.75. The third-order valence-corrected chi connectivity index (χ3v) is 5.33. The topological polar surface area (TPSA) is 49.3 Å². The Hall–Kier alpha value is -0.870. The van der Waals surface area contributed by atoms with E-state index in [0.29, 0.717) is 16.8 Å². The summed E-state index contributed by atoms with van der Waals surface area (Å²) < 4.78 is 0. The lowest BCUT2D eigenvalue weighted by Crippen LogP contribution is -2.31. The first-order valence-electron chi connectivity index (χ1n) is 6.55. The maximum absolute atomic E-state index is 10.9. The first kappa shape index (κ1) is 13.6. The molecule has 0 bridgehead atoms. The van der Waals surface area contributed by atoms with Gasteiger partial charge in [0, 0.05) is 17.5 Å². The van der Waals surface area contributed by atoms with Gasteiger partial charge in [0.15, 0.2) is 0 Å². The summed E-state index contributed by atoms with van der Waals surface area (Å²) in [5.74, 6) is 0.681. The summed E-state index contributed by atoms with van der Waals surface area (Å²) in [4.78, 5) is 12.5. The number of aryl methyl sites for hydroxylation is 1. The van der Waals surface area contributed by atoms with Crippen LogP contribution in [0.5, 0.6) is 0 Å². The second kappa shape index (κ2) is 5.41. The molecule has 18 heavy (non-hydrogen) atoms. The lowest BCUT2D eigenvalue weighted by atomic mass is 9.98. The molecular formula is C14H21NO2S. The monoisotopic (exact) mass is 267 g/mol. The molecule has 0 aromatic carbocycles. The molecule has 3 atom stereocenters. The SMILES string of the molecule is Cc1sc(C(=O)O)cc1CNC1CCC(C)C1C. The van der Waals surface area contributed by atoms with Crippen LogP contribution in [0.2, 0.25) is 0 Å². The zero-order valence-electron chi connectivity index (χ0n) is 11.2. The number of carbonyl (C=O) groups is 1. The molecule has 0 aliphatic heterocycles. The maximum Gasteiger partial charge on any atom is 0.345 e. The number of carboxylic acids is 1. The van der Waals surface area contributed by atoms with E-state index in [-0.39, 0.29) is 0 Å². The van der Waals surface area contributed by atoms with Crippen molar-refractivity contribution in [1.82, 2.24) is 5.32 Å². The molecule has 1 aliphatic rings. The van der Waals surface area contributed by atoms with Crippen molar-refractivity contribution in [2.45, 2.75) is 46.2 Å². The summed E-state index contributed by atoms with van der Waals surface area (Å²) in [6.07, 6.45) is 2.53. The van der Waals surface area contributed by atoms with Crippen molar-refractivity contribution >= 4 is 17.3 Å². The van der Waals surface area contributed by atoms with Gasteiger partial charge in [-0.2, -0.15) is 0 Å². The number of carboxylic acid groups (broad SMARTS) is 1. The van der Waals surface area contributed by atoms with E-state index in [4.69, 9.17) is 5.11 Å². The minimum Gasteiger partial charge on any atom is -0.477 e. The summed E-state index contributed by atoms with van der Waals surface area (Å²) in [5, 5.41) is 12.6. The number of thiophene rings is 1. The maximum atomic E-state index is 10.9. The summed E-state index contributed by atoms with van der Waals surface area (Å²) in [6.45, 7) is 7.40. The zero-order chi connectivity index (χ0) is 13.3. The van der Waals surface area contributed by atoms with Crippen LogP contribution in [0.25, 0.3) is 0 Å². The van der Waals surface area contributed by atoms with E-state index in [2.05, 4.69) is 19.2 Å². The van der Waals surface area contributed by atoms with Gasteiger partial charge in [-0.15, -0.1) is 11.3 Å². The molecule has 1 heterocycles. The van der Waals surface area contributed by atoms with Gasteiger partial charge in [0.1, 0.15) is 4.88 Å². The van der Waals surface area contributed by atoms with Gasteiger partial charge in [-0.1, -0.05) is 13.8 Å². The van der Waals surface area contributed by atoms with Gasteiger partial charge in [0.25, 0.3) is 0 Å². The Balaban J connectivity index is 1.96. The van der Waals surface area contributed by atoms with Crippen molar-refractivity contribution in [1.29, 1.82) is 0 Å². The van der Waals surface area contributed by atoms with Crippen LogP contribution in [0.4, 0.5) is 0 Å². The molecule has 0 spiro atoms. The normalized spacial score (nSPS) is 27.6. The van der Waals surface area contributed by atoms with Crippen LogP contribution in [-0.4, -0.2) is 17.1 Å². The Kier molecular flexibility index (Phi) is 4.07. The van der Waals surface area contributed by atoms with Gasteiger partial charge in [-0.05, 0) is 43.2 Å². The zero-order valence-corrected chi connectivity index (χ0v) is 12.0.